The minimum atomic E-state index is -0.659. The van der Waals surface area contributed by atoms with Crippen LogP contribution in [0.15, 0.2) is 59.8 Å². The highest BCUT2D eigenvalue weighted by Gasteiger charge is 2.35. The number of carbonyl (C=O) groups excluding carboxylic acids is 3. The number of hydrogen-bond donors (Lipinski definition) is 2. The Hall–Kier alpha value is -3.68. The number of carbonyl (C=O) groups is 3. The summed E-state index contributed by atoms with van der Waals surface area (Å²) in [4.78, 5) is 38.9. The first-order valence-corrected chi connectivity index (χ1v) is 10.4. The van der Waals surface area contributed by atoms with Crippen LogP contribution in [0.25, 0.3) is 0 Å². The average Bonchev–Trinajstić information content (AvgIpc) is 2.76. The average molecular weight is 439 g/mol. The Bertz CT molecular complexity index is 1030. The van der Waals surface area contributed by atoms with Crippen molar-refractivity contribution in [2.24, 2.45) is 0 Å². The fourth-order valence-corrected chi connectivity index (χ4v) is 3.64. The van der Waals surface area contributed by atoms with Gasteiger partial charge in [0.1, 0.15) is 5.82 Å². The van der Waals surface area contributed by atoms with Crippen LogP contribution in [0.1, 0.15) is 37.9 Å². The van der Waals surface area contributed by atoms with E-state index in [-0.39, 0.29) is 30.8 Å². The number of halogens is 1. The van der Waals surface area contributed by atoms with Crippen LogP contribution in [0.4, 0.5) is 14.9 Å². The summed E-state index contributed by atoms with van der Waals surface area (Å²) in [7, 11) is 0. The van der Waals surface area contributed by atoms with Gasteiger partial charge in [0.25, 0.3) is 0 Å². The standard InChI is InChI=1S/C24H26FN3O4/c1-4-28-15(3)21(23(30)32-5-2)22(27-24(28)31)17-8-12-19(13-9-17)26-20(29)14-16-6-10-18(25)11-7-16/h6-13,22H,4-5,14H2,1-3H3,(H,26,29)(H,27,31). The number of ether oxygens (including phenoxy) is 1. The maximum absolute atomic E-state index is 13.0. The second kappa shape index (κ2) is 10.1. The van der Waals surface area contributed by atoms with E-state index in [0.717, 1.165) is 0 Å². The Morgan fingerprint density at radius 1 is 1.09 bits per heavy atom. The maximum atomic E-state index is 13.0. The smallest absolute Gasteiger partial charge is 0.338 e. The molecule has 2 aromatic rings. The van der Waals surface area contributed by atoms with Crippen molar-refractivity contribution in [3.63, 3.8) is 0 Å². The Morgan fingerprint density at radius 3 is 2.34 bits per heavy atom. The molecule has 0 spiro atoms. The summed E-state index contributed by atoms with van der Waals surface area (Å²) in [5, 5.41) is 5.65. The number of esters is 1. The summed E-state index contributed by atoms with van der Waals surface area (Å²) in [6.07, 6.45) is 0.114. The molecule has 3 rings (SSSR count). The predicted octanol–water partition coefficient (Wildman–Crippen LogP) is 3.93. The molecule has 0 bridgehead atoms. The van der Waals surface area contributed by atoms with Gasteiger partial charge in [-0.3, -0.25) is 9.69 Å². The van der Waals surface area contributed by atoms with Gasteiger partial charge in [0.2, 0.25) is 5.91 Å². The van der Waals surface area contributed by atoms with Crippen molar-refractivity contribution >= 4 is 23.6 Å². The number of anilines is 1. The summed E-state index contributed by atoms with van der Waals surface area (Å²) in [6.45, 7) is 5.93. The van der Waals surface area contributed by atoms with E-state index < -0.39 is 12.0 Å². The predicted molar refractivity (Wildman–Crippen MR) is 118 cm³/mol. The summed E-state index contributed by atoms with van der Waals surface area (Å²) < 4.78 is 18.2. The van der Waals surface area contributed by atoms with Crippen molar-refractivity contribution < 1.29 is 23.5 Å². The quantitative estimate of drug-likeness (QED) is 0.640. The second-order valence-corrected chi connectivity index (χ2v) is 7.32. The first kappa shape index (κ1) is 23.0. The molecule has 0 aliphatic carbocycles. The molecular weight excluding hydrogens is 413 g/mol. The van der Waals surface area contributed by atoms with Crippen molar-refractivity contribution in [2.75, 3.05) is 18.5 Å². The van der Waals surface area contributed by atoms with Crippen LogP contribution in [0.2, 0.25) is 0 Å². The van der Waals surface area contributed by atoms with E-state index in [0.29, 0.717) is 34.6 Å². The highest BCUT2D eigenvalue weighted by Crippen LogP contribution is 2.31. The lowest BCUT2D eigenvalue weighted by molar-refractivity contribution is -0.139. The zero-order valence-electron chi connectivity index (χ0n) is 18.3. The first-order chi connectivity index (χ1) is 15.3. The molecule has 1 unspecified atom stereocenters. The van der Waals surface area contributed by atoms with Crippen LogP contribution in [-0.2, 0) is 20.7 Å². The molecule has 0 saturated heterocycles. The van der Waals surface area contributed by atoms with Gasteiger partial charge in [0, 0.05) is 17.9 Å². The maximum Gasteiger partial charge on any atom is 0.338 e. The summed E-state index contributed by atoms with van der Waals surface area (Å²) in [5.41, 5.74) is 2.88. The summed E-state index contributed by atoms with van der Waals surface area (Å²) >= 11 is 0. The van der Waals surface area contributed by atoms with Gasteiger partial charge in [-0.05, 0) is 56.2 Å². The van der Waals surface area contributed by atoms with Crippen LogP contribution >= 0.6 is 0 Å². The van der Waals surface area contributed by atoms with Gasteiger partial charge in [0.05, 0.1) is 24.6 Å². The highest BCUT2D eigenvalue weighted by atomic mass is 19.1. The van der Waals surface area contributed by atoms with Crippen molar-refractivity contribution in [3.8, 4) is 0 Å². The molecule has 168 valence electrons. The van der Waals surface area contributed by atoms with Crippen molar-refractivity contribution in [2.45, 2.75) is 33.2 Å². The van der Waals surface area contributed by atoms with Crippen LogP contribution in [0, 0.1) is 5.82 Å². The fraction of sp³-hybridized carbons (Fsp3) is 0.292. The molecule has 3 amide bonds. The van der Waals surface area contributed by atoms with E-state index in [9.17, 15) is 18.8 Å². The Labute approximate surface area is 186 Å². The summed E-state index contributed by atoms with van der Waals surface area (Å²) in [5.74, 6) is -1.07. The fourth-order valence-electron chi connectivity index (χ4n) is 3.64. The van der Waals surface area contributed by atoms with Gasteiger partial charge in [-0.2, -0.15) is 0 Å². The van der Waals surface area contributed by atoms with Crippen molar-refractivity contribution in [1.29, 1.82) is 0 Å². The monoisotopic (exact) mass is 439 g/mol. The van der Waals surface area contributed by atoms with Gasteiger partial charge >= 0.3 is 12.0 Å². The van der Waals surface area contributed by atoms with E-state index >= 15 is 0 Å². The molecule has 0 saturated carbocycles. The zero-order chi connectivity index (χ0) is 23.3. The molecule has 1 aliphatic heterocycles. The summed E-state index contributed by atoms with van der Waals surface area (Å²) in [6, 6.07) is 11.7. The van der Waals surface area contributed by atoms with E-state index in [1.54, 1.807) is 50.2 Å². The molecule has 32 heavy (non-hydrogen) atoms. The van der Waals surface area contributed by atoms with E-state index in [1.807, 2.05) is 6.92 Å². The van der Waals surface area contributed by atoms with Gasteiger partial charge in [-0.25, -0.2) is 14.0 Å². The number of nitrogens with zero attached hydrogens (tertiary/aromatic N) is 1. The highest BCUT2D eigenvalue weighted by molar-refractivity contribution is 5.95. The Morgan fingerprint density at radius 2 is 1.75 bits per heavy atom. The lowest BCUT2D eigenvalue weighted by atomic mass is 9.94. The van der Waals surface area contributed by atoms with Gasteiger partial charge in [0.15, 0.2) is 0 Å². The third-order valence-corrected chi connectivity index (χ3v) is 5.21. The molecule has 2 N–H and O–H groups in total. The molecule has 1 aliphatic rings. The minimum Gasteiger partial charge on any atom is -0.463 e. The molecule has 0 aromatic heterocycles. The number of allylic oxidation sites excluding steroid dienone is 1. The topological polar surface area (TPSA) is 87.7 Å². The van der Waals surface area contributed by atoms with Crippen LogP contribution < -0.4 is 10.6 Å². The molecule has 1 atom stereocenters. The van der Waals surface area contributed by atoms with Gasteiger partial charge < -0.3 is 15.4 Å². The second-order valence-electron chi connectivity index (χ2n) is 7.32. The largest absolute Gasteiger partial charge is 0.463 e. The number of urea groups is 1. The van der Waals surface area contributed by atoms with Crippen LogP contribution in [0.5, 0.6) is 0 Å². The van der Waals surface area contributed by atoms with Gasteiger partial charge in [-0.1, -0.05) is 24.3 Å². The molecule has 7 nitrogen and oxygen atoms in total. The van der Waals surface area contributed by atoms with E-state index in [4.69, 9.17) is 4.74 Å². The number of benzene rings is 2. The third kappa shape index (κ3) is 5.14. The van der Waals surface area contributed by atoms with Crippen molar-refractivity contribution in [1.82, 2.24) is 10.2 Å². The SMILES string of the molecule is CCOC(=O)C1=C(C)N(CC)C(=O)NC1c1ccc(NC(=O)Cc2ccc(F)cc2)cc1. The lowest BCUT2D eigenvalue weighted by Crippen LogP contribution is -2.47. The first-order valence-electron chi connectivity index (χ1n) is 10.4. The molecule has 0 fully saturated rings. The molecular formula is C24H26FN3O4. The third-order valence-electron chi connectivity index (χ3n) is 5.21. The molecule has 2 aromatic carbocycles. The van der Waals surface area contributed by atoms with Crippen molar-refractivity contribution in [3.05, 3.63) is 76.7 Å². The molecule has 0 radical (unpaired) electrons. The van der Waals surface area contributed by atoms with Crippen LogP contribution in [0.3, 0.4) is 0 Å². The number of nitrogens with one attached hydrogen (secondary N) is 2. The minimum absolute atomic E-state index is 0.114. The number of hydrogen-bond acceptors (Lipinski definition) is 4. The molecule has 1 heterocycles. The van der Waals surface area contributed by atoms with E-state index in [1.165, 1.54) is 17.0 Å². The van der Waals surface area contributed by atoms with Gasteiger partial charge in [-0.15, -0.1) is 0 Å². The molecule has 8 heteroatoms. The normalized spacial score (nSPS) is 15.9. The lowest BCUT2D eigenvalue weighted by Gasteiger charge is -2.34. The van der Waals surface area contributed by atoms with Crippen LogP contribution in [-0.4, -0.2) is 36.0 Å². The zero-order valence-corrected chi connectivity index (χ0v) is 18.3. The van der Waals surface area contributed by atoms with E-state index in [2.05, 4.69) is 10.6 Å². The Kier molecular flexibility index (Phi) is 7.25. The number of amides is 3. The number of rotatable bonds is 7. The Balaban J connectivity index is 1.78.